The lowest BCUT2D eigenvalue weighted by atomic mass is 10.1. The number of phenols is 1. The molecular weight excluding hydrogens is 252 g/mol. The molecule has 4 nitrogen and oxygen atoms in total. The average Bonchev–Trinajstić information content (AvgIpc) is 2.81. The molecule has 0 heterocycles. The van der Waals surface area contributed by atoms with Crippen LogP contribution in [0.25, 0.3) is 0 Å². The van der Waals surface area contributed by atoms with Crippen molar-refractivity contribution in [1.29, 1.82) is 0 Å². The molecule has 1 aliphatic carbocycles. The summed E-state index contributed by atoms with van der Waals surface area (Å²) in [6, 6.07) is 12.3. The molecule has 0 saturated carbocycles. The van der Waals surface area contributed by atoms with E-state index < -0.39 is 0 Å². The van der Waals surface area contributed by atoms with Crippen LogP contribution in [0.4, 0.5) is 5.69 Å². The van der Waals surface area contributed by atoms with E-state index in [4.69, 9.17) is 5.73 Å². The van der Waals surface area contributed by atoms with Crippen molar-refractivity contribution < 1.29 is 9.90 Å². The molecule has 0 bridgehead atoms. The number of anilines is 1. The van der Waals surface area contributed by atoms with Crippen LogP contribution in [0.2, 0.25) is 0 Å². The zero-order valence-corrected chi connectivity index (χ0v) is 11.0. The lowest BCUT2D eigenvalue weighted by Crippen LogP contribution is -2.27. The van der Waals surface area contributed by atoms with Gasteiger partial charge in [0, 0.05) is 5.69 Å². The summed E-state index contributed by atoms with van der Waals surface area (Å²) in [4.78, 5) is 12.2. The number of aromatic hydroxyl groups is 1. The van der Waals surface area contributed by atoms with Gasteiger partial charge >= 0.3 is 0 Å². The minimum atomic E-state index is -0.252. The van der Waals surface area contributed by atoms with Crippen molar-refractivity contribution >= 4 is 11.6 Å². The topological polar surface area (TPSA) is 75.3 Å². The van der Waals surface area contributed by atoms with Crippen LogP contribution in [-0.2, 0) is 6.42 Å². The molecule has 1 atom stereocenters. The zero-order chi connectivity index (χ0) is 14.1. The number of phenolic OH excluding ortho intramolecular Hbond substituents is 1. The quantitative estimate of drug-likeness (QED) is 0.732. The standard InChI is InChI=1S/C16H16N2O2/c17-11-6-7-12-10(9-11)5-8-14(12)18-16(20)13-3-1-2-4-15(13)19/h1-4,6-7,9,14,19H,5,8,17H2,(H,18,20). The maximum Gasteiger partial charge on any atom is 0.255 e. The van der Waals surface area contributed by atoms with Crippen LogP contribution in [-0.4, -0.2) is 11.0 Å². The summed E-state index contributed by atoms with van der Waals surface area (Å²) in [5.41, 5.74) is 9.12. The summed E-state index contributed by atoms with van der Waals surface area (Å²) in [6.07, 6.45) is 1.77. The van der Waals surface area contributed by atoms with E-state index in [1.54, 1.807) is 18.2 Å². The van der Waals surface area contributed by atoms with Gasteiger partial charge in [-0.25, -0.2) is 0 Å². The van der Waals surface area contributed by atoms with Crippen molar-refractivity contribution in [1.82, 2.24) is 5.32 Å². The van der Waals surface area contributed by atoms with Crippen molar-refractivity contribution in [3.05, 3.63) is 59.2 Å². The van der Waals surface area contributed by atoms with Crippen molar-refractivity contribution in [2.24, 2.45) is 0 Å². The van der Waals surface area contributed by atoms with Crippen LogP contribution in [0.5, 0.6) is 5.75 Å². The number of amides is 1. The highest BCUT2D eigenvalue weighted by molar-refractivity contribution is 5.97. The van der Waals surface area contributed by atoms with Crippen LogP contribution in [0, 0.1) is 0 Å². The predicted octanol–water partition coefficient (Wildman–Crippen LogP) is 2.39. The van der Waals surface area contributed by atoms with Crippen LogP contribution in [0.1, 0.15) is 33.9 Å². The molecule has 20 heavy (non-hydrogen) atoms. The maximum atomic E-state index is 12.2. The summed E-state index contributed by atoms with van der Waals surface area (Å²) in [5, 5.41) is 12.7. The molecule has 0 saturated heterocycles. The molecule has 0 radical (unpaired) electrons. The fourth-order valence-corrected chi connectivity index (χ4v) is 2.69. The highest BCUT2D eigenvalue weighted by Gasteiger charge is 2.25. The normalized spacial score (nSPS) is 16.7. The Balaban J connectivity index is 1.81. The number of nitrogen functional groups attached to an aromatic ring is 1. The highest BCUT2D eigenvalue weighted by Crippen LogP contribution is 2.32. The number of nitrogens with two attached hydrogens (primary N) is 1. The van der Waals surface area contributed by atoms with Crippen molar-refractivity contribution in [2.75, 3.05) is 5.73 Å². The Bertz CT molecular complexity index is 667. The van der Waals surface area contributed by atoms with Gasteiger partial charge in [0.05, 0.1) is 11.6 Å². The molecule has 1 aliphatic rings. The van der Waals surface area contributed by atoms with Gasteiger partial charge in [-0.3, -0.25) is 4.79 Å². The minimum Gasteiger partial charge on any atom is -0.507 e. The molecule has 2 aromatic rings. The van der Waals surface area contributed by atoms with E-state index >= 15 is 0 Å². The number of carbonyl (C=O) groups is 1. The lowest BCUT2D eigenvalue weighted by molar-refractivity contribution is 0.0934. The van der Waals surface area contributed by atoms with E-state index in [9.17, 15) is 9.90 Å². The first kappa shape index (κ1) is 12.5. The maximum absolute atomic E-state index is 12.2. The average molecular weight is 268 g/mol. The van der Waals surface area contributed by atoms with Crippen molar-refractivity contribution in [2.45, 2.75) is 18.9 Å². The summed E-state index contributed by atoms with van der Waals surface area (Å²) < 4.78 is 0. The van der Waals surface area contributed by atoms with E-state index in [1.165, 1.54) is 11.6 Å². The second-order valence-corrected chi connectivity index (χ2v) is 5.04. The Hall–Kier alpha value is -2.49. The first-order valence-electron chi connectivity index (χ1n) is 6.62. The van der Waals surface area contributed by atoms with Gasteiger partial charge in [0.1, 0.15) is 5.75 Å². The van der Waals surface area contributed by atoms with Gasteiger partial charge in [-0.05, 0) is 48.2 Å². The first-order valence-corrected chi connectivity index (χ1v) is 6.62. The Labute approximate surface area is 117 Å². The van der Waals surface area contributed by atoms with Gasteiger partial charge in [-0.2, -0.15) is 0 Å². The fourth-order valence-electron chi connectivity index (χ4n) is 2.69. The Morgan fingerprint density at radius 2 is 2.05 bits per heavy atom. The van der Waals surface area contributed by atoms with Gasteiger partial charge in [0.15, 0.2) is 0 Å². The van der Waals surface area contributed by atoms with Crippen LogP contribution in [0.3, 0.4) is 0 Å². The zero-order valence-electron chi connectivity index (χ0n) is 11.0. The lowest BCUT2D eigenvalue weighted by Gasteiger charge is -2.15. The number of carbonyl (C=O) groups excluding carboxylic acids is 1. The number of aryl methyl sites for hydroxylation is 1. The molecule has 2 aromatic carbocycles. The van der Waals surface area contributed by atoms with E-state index in [0.717, 1.165) is 24.1 Å². The summed E-state index contributed by atoms with van der Waals surface area (Å²) in [5.74, 6) is -0.252. The van der Waals surface area contributed by atoms with Crippen LogP contribution >= 0.6 is 0 Å². The van der Waals surface area contributed by atoms with Gasteiger partial charge < -0.3 is 16.2 Å². The highest BCUT2D eigenvalue weighted by atomic mass is 16.3. The number of nitrogens with one attached hydrogen (secondary N) is 1. The van der Waals surface area contributed by atoms with E-state index in [0.29, 0.717) is 5.56 Å². The number of fused-ring (bicyclic) bond motifs is 1. The second-order valence-electron chi connectivity index (χ2n) is 5.04. The third-order valence-electron chi connectivity index (χ3n) is 3.70. The van der Waals surface area contributed by atoms with Crippen molar-refractivity contribution in [3.63, 3.8) is 0 Å². The Morgan fingerprint density at radius 1 is 1.25 bits per heavy atom. The SMILES string of the molecule is Nc1ccc2c(c1)CCC2NC(=O)c1ccccc1O. The van der Waals surface area contributed by atoms with E-state index in [1.807, 2.05) is 18.2 Å². The molecule has 0 fully saturated rings. The molecule has 3 rings (SSSR count). The molecule has 102 valence electrons. The summed E-state index contributed by atoms with van der Waals surface area (Å²) in [6.45, 7) is 0. The number of para-hydroxylation sites is 1. The Kier molecular flexibility index (Phi) is 3.06. The molecule has 4 heteroatoms. The summed E-state index contributed by atoms with van der Waals surface area (Å²) in [7, 11) is 0. The molecule has 1 unspecified atom stereocenters. The molecule has 0 aromatic heterocycles. The van der Waals surface area contributed by atoms with Gasteiger partial charge in [0.25, 0.3) is 5.91 Å². The van der Waals surface area contributed by atoms with Gasteiger partial charge in [-0.15, -0.1) is 0 Å². The third kappa shape index (κ3) is 2.20. The van der Waals surface area contributed by atoms with Crippen LogP contribution in [0.15, 0.2) is 42.5 Å². The first-order chi connectivity index (χ1) is 9.65. The van der Waals surface area contributed by atoms with E-state index in [2.05, 4.69) is 5.32 Å². The molecule has 0 aliphatic heterocycles. The largest absolute Gasteiger partial charge is 0.507 e. The molecule has 0 spiro atoms. The molecular formula is C16H16N2O2. The number of hydrogen-bond donors (Lipinski definition) is 3. The number of rotatable bonds is 2. The fraction of sp³-hybridized carbons (Fsp3) is 0.188. The monoisotopic (exact) mass is 268 g/mol. The predicted molar refractivity (Wildman–Crippen MR) is 77.5 cm³/mol. The second kappa shape index (κ2) is 4.89. The molecule has 1 amide bonds. The third-order valence-corrected chi connectivity index (χ3v) is 3.70. The van der Waals surface area contributed by atoms with Gasteiger partial charge in [-0.1, -0.05) is 18.2 Å². The van der Waals surface area contributed by atoms with Crippen LogP contribution < -0.4 is 11.1 Å². The van der Waals surface area contributed by atoms with E-state index in [-0.39, 0.29) is 17.7 Å². The van der Waals surface area contributed by atoms with Gasteiger partial charge in [0.2, 0.25) is 0 Å². The summed E-state index contributed by atoms with van der Waals surface area (Å²) >= 11 is 0. The van der Waals surface area contributed by atoms with Crippen molar-refractivity contribution in [3.8, 4) is 5.75 Å². The molecule has 4 N–H and O–H groups in total. The number of hydrogen-bond acceptors (Lipinski definition) is 3. The Morgan fingerprint density at radius 3 is 2.85 bits per heavy atom. The smallest absolute Gasteiger partial charge is 0.255 e. The minimum absolute atomic E-state index is 0.000488. The number of benzene rings is 2.